The average Bonchev–Trinajstić information content (AvgIpc) is 2.48. The topological polar surface area (TPSA) is 65.5 Å². The van der Waals surface area contributed by atoms with E-state index in [1.165, 1.54) is 0 Å². The minimum atomic E-state index is -0.0288. The van der Waals surface area contributed by atoms with Gasteiger partial charge in [-0.1, -0.05) is 0 Å². The number of hydrogen-bond acceptors (Lipinski definition) is 4. The van der Waals surface area contributed by atoms with E-state index in [1.807, 2.05) is 19.9 Å². The van der Waals surface area contributed by atoms with Crippen LogP contribution in [0.4, 0.5) is 5.69 Å². The summed E-state index contributed by atoms with van der Waals surface area (Å²) in [5.74, 6) is -0.0288. The first-order valence-corrected chi connectivity index (χ1v) is 7.33. The molecule has 2 N–H and O–H groups in total. The third-order valence-corrected chi connectivity index (χ3v) is 3.19. The zero-order chi connectivity index (χ0) is 14.8. The lowest BCUT2D eigenvalue weighted by Gasteiger charge is -2.18. The molecule has 0 spiro atoms. The number of amides is 1. The molecule has 0 fully saturated rings. The van der Waals surface area contributed by atoms with Crippen molar-refractivity contribution in [3.8, 4) is 0 Å². The first-order valence-electron chi connectivity index (χ1n) is 7.33. The van der Waals surface area contributed by atoms with E-state index in [1.54, 1.807) is 17.2 Å². The average molecular weight is 279 g/mol. The Kier molecular flexibility index (Phi) is 7.65. The smallest absolute Gasteiger partial charge is 0.272 e. The van der Waals surface area contributed by atoms with E-state index >= 15 is 0 Å². The number of aromatic nitrogens is 1. The standard InChI is InChI=1S/C15H25N3O2/c1-3-18(4-2)15(20)14-12-13(8-10-17-14)16-9-6-5-7-11-19/h8,10,12,19H,3-7,9,11H2,1-2H3,(H,16,17). The Labute approximate surface area is 121 Å². The molecular weight excluding hydrogens is 254 g/mol. The summed E-state index contributed by atoms with van der Waals surface area (Å²) in [7, 11) is 0. The molecule has 5 nitrogen and oxygen atoms in total. The number of carbonyl (C=O) groups is 1. The molecule has 0 aliphatic rings. The van der Waals surface area contributed by atoms with Gasteiger partial charge in [0.25, 0.3) is 5.91 Å². The highest BCUT2D eigenvalue weighted by Gasteiger charge is 2.13. The summed E-state index contributed by atoms with van der Waals surface area (Å²) < 4.78 is 0. The van der Waals surface area contributed by atoms with Crippen molar-refractivity contribution in [3.05, 3.63) is 24.0 Å². The molecule has 5 heteroatoms. The number of aliphatic hydroxyl groups is 1. The Hall–Kier alpha value is -1.62. The zero-order valence-corrected chi connectivity index (χ0v) is 12.4. The fraction of sp³-hybridized carbons (Fsp3) is 0.600. The van der Waals surface area contributed by atoms with E-state index in [2.05, 4.69) is 10.3 Å². The van der Waals surface area contributed by atoms with Crippen LogP contribution in [0.25, 0.3) is 0 Å². The molecule has 1 aromatic rings. The Morgan fingerprint density at radius 2 is 2.05 bits per heavy atom. The Balaban J connectivity index is 2.55. The van der Waals surface area contributed by atoms with Gasteiger partial charge in [-0.2, -0.15) is 0 Å². The van der Waals surface area contributed by atoms with Crippen molar-refractivity contribution in [3.63, 3.8) is 0 Å². The van der Waals surface area contributed by atoms with Crippen LogP contribution in [-0.4, -0.2) is 47.1 Å². The number of rotatable bonds is 9. The number of nitrogens with zero attached hydrogens (tertiary/aromatic N) is 2. The molecule has 20 heavy (non-hydrogen) atoms. The highest BCUT2D eigenvalue weighted by atomic mass is 16.2. The highest BCUT2D eigenvalue weighted by molar-refractivity contribution is 5.93. The van der Waals surface area contributed by atoms with Crippen molar-refractivity contribution in [2.24, 2.45) is 0 Å². The fourth-order valence-corrected chi connectivity index (χ4v) is 1.98. The number of pyridine rings is 1. The molecule has 1 aromatic heterocycles. The maximum Gasteiger partial charge on any atom is 0.272 e. The van der Waals surface area contributed by atoms with Crippen LogP contribution < -0.4 is 5.32 Å². The van der Waals surface area contributed by atoms with Gasteiger partial charge in [0.1, 0.15) is 5.69 Å². The van der Waals surface area contributed by atoms with Gasteiger partial charge in [-0.3, -0.25) is 9.78 Å². The second kappa shape index (κ2) is 9.31. The summed E-state index contributed by atoms with van der Waals surface area (Å²) in [5, 5.41) is 12.0. The molecule has 0 aromatic carbocycles. The van der Waals surface area contributed by atoms with Gasteiger partial charge in [0.05, 0.1) is 0 Å². The van der Waals surface area contributed by atoms with E-state index < -0.39 is 0 Å². The van der Waals surface area contributed by atoms with E-state index in [0.717, 1.165) is 31.5 Å². The third kappa shape index (κ3) is 5.17. The molecule has 1 rings (SSSR count). The van der Waals surface area contributed by atoms with E-state index in [-0.39, 0.29) is 12.5 Å². The number of unbranched alkanes of at least 4 members (excludes halogenated alkanes) is 2. The summed E-state index contributed by atoms with van der Waals surface area (Å²) >= 11 is 0. The Morgan fingerprint density at radius 1 is 1.30 bits per heavy atom. The molecule has 0 aliphatic carbocycles. The van der Waals surface area contributed by atoms with Gasteiger partial charge in [-0.15, -0.1) is 0 Å². The van der Waals surface area contributed by atoms with Gasteiger partial charge >= 0.3 is 0 Å². The van der Waals surface area contributed by atoms with Crippen molar-refractivity contribution < 1.29 is 9.90 Å². The van der Waals surface area contributed by atoms with Crippen molar-refractivity contribution in [2.45, 2.75) is 33.1 Å². The van der Waals surface area contributed by atoms with Gasteiger partial charge in [0.15, 0.2) is 0 Å². The van der Waals surface area contributed by atoms with Crippen LogP contribution in [0.5, 0.6) is 0 Å². The van der Waals surface area contributed by atoms with Crippen molar-refractivity contribution in [2.75, 3.05) is 31.6 Å². The molecule has 1 amide bonds. The monoisotopic (exact) mass is 279 g/mol. The Bertz CT molecular complexity index is 406. The van der Waals surface area contributed by atoms with Crippen molar-refractivity contribution in [1.82, 2.24) is 9.88 Å². The van der Waals surface area contributed by atoms with Gasteiger partial charge in [0, 0.05) is 38.1 Å². The fourth-order valence-electron chi connectivity index (χ4n) is 1.98. The van der Waals surface area contributed by atoms with Gasteiger partial charge in [-0.25, -0.2) is 0 Å². The minimum absolute atomic E-state index is 0.0288. The Morgan fingerprint density at radius 3 is 2.70 bits per heavy atom. The molecule has 0 saturated carbocycles. The first kappa shape index (κ1) is 16.4. The molecular formula is C15H25N3O2. The quantitative estimate of drug-likeness (QED) is 0.680. The molecule has 1 heterocycles. The normalized spacial score (nSPS) is 10.3. The summed E-state index contributed by atoms with van der Waals surface area (Å²) in [6.45, 7) is 6.39. The van der Waals surface area contributed by atoms with Gasteiger partial charge in [0.2, 0.25) is 0 Å². The minimum Gasteiger partial charge on any atom is -0.396 e. The van der Waals surface area contributed by atoms with Crippen LogP contribution in [0.3, 0.4) is 0 Å². The maximum absolute atomic E-state index is 12.2. The lowest BCUT2D eigenvalue weighted by atomic mass is 10.2. The van der Waals surface area contributed by atoms with Gasteiger partial charge < -0.3 is 15.3 Å². The van der Waals surface area contributed by atoms with Crippen LogP contribution in [0.1, 0.15) is 43.6 Å². The van der Waals surface area contributed by atoms with E-state index in [0.29, 0.717) is 18.8 Å². The highest BCUT2D eigenvalue weighted by Crippen LogP contribution is 2.10. The third-order valence-electron chi connectivity index (χ3n) is 3.19. The summed E-state index contributed by atoms with van der Waals surface area (Å²) in [4.78, 5) is 18.1. The van der Waals surface area contributed by atoms with E-state index in [4.69, 9.17) is 5.11 Å². The molecule has 0 unspecified atom stereocenters. The van der Waals surface area contributed by atoms with Crippen LogP contribution in [0.15, 0.2) is 18.3 Å². The number of aliphatic hydroxyl groups excluding tert-OH is 1. The maximum atomic E-state index is 12.2. The molecule has 0 aliphatic heterocycles. The van der Waals surface area contributed by atoms with Crippen LogP contribution in [0, 0.1) is 0 Å². The zero-order valence-electron chi connectivity index (χ0n) is 12.4. The lowest BCUT2D eigenvalue weighted by Crippen LogP contribution is -2.31. The largest absolute Gasteiger partial charge is 0.396 e. The second-order valence-corrected chi connectivity index (χ2v) is 4.62. The van der Waals surface area contributed by atoms with E-state index in [9.17, 15) is 4.79 Å². The van der Waals surface area contributed by atoms with Gasteiger partial charge in [-0.05, 0) is 45.2 Å². The number of anilines is 1. The molecule has 0 bridgehead atoms. The number of carbonyl (C=O) groups excluding carboxylic acids is 1. The summed E-state index contributed by atoms with van der Waals surface area (Å²) in [5.41, 5.74) is 1.40. The van der Waals surface area contributed by atoms with Crippen molar-refractivity contribution >= 4 is 11.6 Å². The SMILES string of the molecule is CCN(CC)C(=O)c1cc(NCCCCCO)ccn1. The summed E-state index contributed by atoms with van der Waals surface area (Å²) in [6, 6.07) is 3.66. The predicted molar refractivity (Wildman–Crippen MR) is 80.9 cm³/mol. The second-order valence-electron chi connectivity index (χ2n) is 4.62. The van der Waals surface area contributed by atoms with Crippen LogP contribution >= 0.6 is 0 Å². The molecule has 0 saturated heterocycles. The summed E-state index contributed by atoms with van der Waals surface area (Å²) in [6.07, 6.45) is 4.50. The first-order chi connectivity index (χ1) is 9.72. The molecule has 112 valence electrons. The van der Waals surface area contributed by atoms with Crippen LogP contribution in [0.2, 0.25) is 0 Å². The number of hydrogen-bond donors (Lipinski definition) is 2. The van der Waals surface area contributed by atoms with Crippen LogP contribution in [-0.2, 0) is 0 Å². The molecule has 0 atom stereocenters. The number of nitrogens with one attached hydrogen (secondary N) is 1. The predicted octanol–water partition coefficient (Wildman–Crippen LogP) is 2.14. The lowest BCUT2D eigenvalue weighted by molar-refractivity contribution is 0.0767. The van der Waals surface area contributed by atoms with Crippen molar-refractivity contribution in [1.29, 1.82) is 0 Å². The molecule has 0 radical (unpaired) electrons.